The minimum Gasteiger partial charge on any atom is -0.336 e. The summed E-state index contributed by atoms with van der Waals surface area (Å²) in [7, 11) is 0. The molecule has 2 heterocycles. The summed E-state index contributed by atoms with van der Waals surface area (Å²) in [5.41, 5.74) is -0.847. The van der Waals surface area contributed by atoms with Gasteiger partial charge in [0.25, 0.3) is 0 Å². The third kappa shape index (κ3) is 2.99. The largest absolute Gasteiger partial charge is 0.416 e. The van der Waals surface area contributed by atoms with Gasteiger partial charge < -0.3 is 9.80 Å². The van der Waals surface area contributed by atoms with Gasteiger partial charge in [0.1, 0.15) is 6.04 Å². The first-order valence-corrected chi connectivity index (χ1v) is 8.04. The molecule has 2 fully saturated rings. The Kier molecular flexibility index (Phi) is 4.27. The van der Waals surface area contributed by atoms with Crippen molar-refractivity contribution in [1.29, 1.82) is 0 Å². The summed E-state index contributed by atoms with van der Waals surface area (Å²) in [6.07, 6.45) is -3.11. The van der Waals surface area contributed by atoms with Gasteiger partial charge in [-0.25, -0.2) is 0 Å². The second-order valence-electron chi connectivity index (χ2n) is 6.38. The molecule has 2 atom stereocenters. The molecular formula is C17H19F3N2O2. The summed E-state index contributed by atoms with van der Waals surface area (Å²) in [5.74, 6) is -0.541. The van der Waals surface area contributed by atoms with E-state index in [4.69, 9.17) is 0 Å². The minimum atomic E-state index is -4.50. The molecule has 0 saturated carbocycles. The molecule has 7 heteroatoms. The number of carbonyl (C=O) groups is 2. The van der Waals surface area contributed by atoms with Gasteiger partial charge in [-0.05, 0) is 31.4 Å². The smallest absolute Gasteiger partial charge is 0.336 e. The molecule has 0 bridgehead atoms. The van der Waals surface area contributed by atoms with Crippen molar-refractivity contribution in [3.05, 3.63) is 35.4 Å². The van der Waals surface area contributed by atoms with Crippen molar-refractivity contribution in [2.45, 2.75) is 44.4 Å². The normalized spacial score (nSPS) is 24.2. The maximum atomic E-state index is 13.1. The first kappa shape index (κ1) is 16.8. The predicted octanol–water partition coefficient (Wildman–Crippen LogP) is 2.47. The standard InChI is InChI=1S/C17H19F3N2O2/c1-11-16(24)21-8-4-6-13(21)10-22(11)15(23)9-12-5-2-3-7-14(12)17(18,19)20/h2-3,5,7,11,13H,4,6,8-10H2,1H3/t11-,13+/m1/s1. The first-order chi connectivity index (χ1) is 11.3. The number of nitrogens with zero attached hydrogens (tertiary/aromatic N) is 2. The van der Waals surface area contributed by atoms with Crippen molar-refractivity contribution >= 4 is 11.8 Å². The topological polar surface area (TPSA) is 40.6 Å². The van der Waals surface area contributed by atoms with Crippen molar-refractivity contribution < 1.29 is 22.8 Å². The van der Waals surface area contributed by atoms with E-state index in [1.807, 2.05) is 0 Å². The molecule has 3 rings (SSSR count). The Hall–Kier alpha value is -2.05. The zero-order chi connectivity index (χ0) is 17.5. The third-order valence-corrected chi connectivity index (χ3v) is 4.88. The Morgan fingerprint density at radius 1 is 1.29 bits per heavy atom. The Morgan fingerprint density at radius 2 is 2.00 bits per heavy atom. The highest BCUT2D eigenvalue weighted by molar-refractivity contribution is 5.90. The van der Waals surface area contributed by atoms with Crippen LogP contribution in [0.15, 0.2) is 24.3 Å². The minimum absolute atomic E-state index is 0.00416. The summed E-state index contributed by atoms with van der Waals surface area (Å²) in [6, 6.07) is 4.47. The lowest BCUT2D eigenvalue weighted by molar-refractivity contribution is -0.152. The Labute approximate surface area is 138 Å². The molecule has 0 aliphatic carbocycles. The molecule has 0 spiro atoms. The fraction of sp³-hybridized carbons (Fsp3) is 0.529. The summed E-state index contributed by atoms with van der Waals surface area (Å²) < 4.78 is 39.2. The van der Waals surface area contributed by atoms with E-state index < -0.39 is 23.7 Å². The predicted molar refractivity (Wildman–Crippen MR) is 81.1 cm³/mol. The molecule has 24 heavy (non-hydrogen) atoms. The van der Waals surface area contributed by atoms with Gasteiger partial charge in [0.2, 0.25) is 11.8 Å². The summed E-state index contributed by atoms with van der Waals surface area (Å²) in [6.45, 7) is 2.75. The first-order valence-electron chi connectivity index (χ1n) is 8.04. The zero-order valence-electron chi connectivity index (χ0n) is 13.3. The van der Waals surface area contributed by atoms with Crippen LogP contribution in [0, 0.1) is 0 Å². The molecule has 0 radical (unpaired) electrons. The number of fused-ring (bicyclic) bond motifs is 1. The average Bonchev–Trinajstić information content (AvgIpc) is 2.99. The van der Waals surface area contributed by atoms with Gasteiger partial charge in [0.15, 0.2) is 0 Å². The van der Waals surface area contributed by atoms with Gasteiger partial charge in [-0.1, -0.05) is 18.2 Å². The molecular weight excluding hydrogens is 321 g/mol. The number of benzene rings is 1. The lowest BCUT2D eigenvalue weighted by Gasteiger charge is -2.41. The molecule has 0 aromatic heterocycles. The van der Waals surface area contributed by atoms with E-state index >= 15 is 0 Å². The highest BCUT2D eigenvalue weighted by Crippen LogP contribution is 2.33. The highest BCUT2D eigenvalue weighted by atomic mass is 19.4. The third-order valence-electron chi connectivity index (χ3n) is 4.88. The van der Waals surface area contributed by atoms with Crippen LogP contribution < -0.4 is 0 Å². The number of hydrogen-bond donors (Lipinski definition) is 0. The maximum absolute atomic E-state index is 13.1. The number of amides is 2. The van der Waals surface area contributed by atoms with Crippen LogP contribution in [0.4, 0.5) is 13.2 Å². The number of carbonyl (C=O) groups excluding carboxylic acids is 2. The van der Waals surface area contributed by atoms with E-state index in [1.165, 1.54) is 23.1 Å². The quantitative estimate of drug-likeness (QED) is 0.830. The van der Waals surface area contributed by atoms with Crippen molar-refractivity contribution in [2.75, 3.05) is 13.1 Å². The van der Waals surface area contributed by atoms with E-state index in [2.05, 4.69) is 0 Å². The summed E-state index contributed by atoms with van der Waals surface area (Å²) >= 11 is 0. The Bertz CT molecular complexity index is 659. The van der Waals surface area contributed by atoms with E-state index in [-0.39, 0.29) is 23.9 Å². The number of halogens is 3. The summed E-state index contributed by atoms with van der Waals surface area (Å²) in [5, 5.41) is 0. The Morgan fingerprint density at radius 3 is 2.71 bits per heavy atom. The van der Waals surface area contributed by atoms with E-state index in [0.717, 1.165) is 18.9 Å². The van der Waals surface area contributed by atoms with Crippen LogP contribution in [-0.4, -0.2) is 46.8 Å². The van der Waals surface area contributed by atoms with Gasteiger partial charge in [-0.3, -0.25) is 9.59 Å². The number of rotatable bonds is 2. The van der Waals surface area contributed by atoms with Crippen LogP contribution in [0.2, 0.25) is 0 Å². The molecule has 2 aliphatic rings. The van der Waals surface area contributed by atoms with Crippen molar-refractivity contribution in [1.82, 2.24) is 9.80 Å². The molecule has 0 N–H and O–H groups in total. The lowest BCUT2D eigenvalue weighted by atomic mass is 10.0. The lowest BCUT2D eigenvalue weighted by Crippen LogP contribution is -2.60. The van der Waals surface area contributed by atoms with Gasteiger partial charge in [-0.15, -0.1) is 0 Å². The van der Waals surface area contributed by atoms with Crippen LogP contribution in [0.5, 0.6) is 0 Å². The number of hydrogen-bond acceptors (Lipinski definition) is 2. The van der Waals surface area contributed by atoms with Crippen molar-refractivity contribution in [3.8, 4) is 0 Å². The second kappa shape index (κ2) is 6.11. The SMILES string of the molecule is C[C@@H]1C(=O)N2CCC[C@H]2CN1C(=O)Cc1ccccc1C(F)(F)F. The molecule has 130 valence electrons. The number of alkyl halides is 3. The molecule has 2 amide bonds. The van der Waals surface area contributed by atoms with Crippen LogP contribution in [0.25, 0.3) is 0 Å². The summed E-state index contributed by atoms with van der Waals surface area (Å²) in [4.78, 5) is 28.2. The van der Waals surface area contributed by atoms with E-state index in [0.29, 0.717) is 13.1 Å². The van der Waals surface area contributed by atoms with E-state index in [1.54, 1.807) is 11.8 Å². The highest BCUT2D eigenvalue weighted by Gasteiger charge is 2.42. The van der Waals surface area contributed by atoms with Crippen molar-refractivity contribution in [3.63, 3.8) is 0 Å². The van der Waals surface area contributed by atoms with Crippen LogP contribution >= 0.6 is 0 Å². The van der Waals surface area contributed by atoms with E-state index in [9.17, 15) is 22.8 Å². The maximum Gasteiger partial charge on any atom is 0.416 e. The molecule has 4 nitrogen and oxygen atoms in total. The monoisotopic (exact) mass is 340 g/mol. The molecule has 0 unspecified atom stereocenters. The molecule has 2 aliphatic heterocycles. The van der Waals surface area contributed by atoms with Crippen LogP contribution in [-0.2, 0) is 22.2 Å². The molecule has 1 aromatic rings. The zero-order valence-corrected chi connectivity index (χ0v) is 13.3. The fourth-order valence-electron chi connectivity index (χ4n) is 3.61. The molecule has 2 saturated heterocycles. The van der Waals surface area contributed by atoms with Gasteiger partial charge in [-0.2, -0.15) is 13.2 Å². The van der Waals surface area contributed by atoms with Crippen molar-refractivity contribution in [2.24, 2.45) is 0 Å². The van der Waals surface area contributed by atoms with Gasteiger partial charge in [0.05, 0.1) is 12.0 Å². The van der Waals surface area contributed by atoms with Gasteiger partial charge >= 0.3 is 6.18 Å². The fourth-order valence-corrected chi connectivity index (χ4v) is 3.61. The molecule has 1 aromatic carbocycles. The van der Waals surface area contributed by atoms with Gasteiger partial charge in [0, 0.05) is 19.1 Å². The second-order valence-corrected chi connectivity index (χ2v) is 6.38. The Balaban J connectivity index is 1.79. The number of piperazine rings is 1. The van der Waals surface area contributed by atoms with Crippen LogP contribution in [0.3, 0.4) is 0 Å². The van der Waals surface area contributed by atoms with Crippen LogP contribution in [0.1, 0.15) is 30.9 Å². The average molecular weight is 340 g/mol.